The first-order chi connectivity index (χ1) is 12.5. The fourth-order valence-corrected chi connectivity index (χ4v) is 4.19. The van der Waals surface area contributed by atoms with Crippen LogP contribution >= 0.6 is 11.6 Å². The predicted octanol–water partition coefficient (Wildman–Crippen LogP) is 1.65. The Morgan fingerprint density at radius 2 is 1.92 bits per heavy atom. The van der Waals surface area contributed by atoms with Gasteiger partial charge in [0.1, 0.15) is 10.6 Å². The number of carbonyl (C=O) groups excluding carboxylic acids is 1. The molecule has 0 bridgehead atoms. The second-order valence-electron chi connectivity index (χ2n) is 5.72. The van der Waals surface area contributed by atoms with Crippen molar-refractivity contribution in [2.45, 2.75) is 4.90 Å². The molecular formula is C17H18ClN3O4S. The van der Waals surface area contributed by atoms with Crippen molar-refractivity contribution in [1.82, 2.24) is 14.2 Å². The van der Waals surface area contributed by atoms with Crippen molar-refractivity contribution < 1.29 is 17.9 Å². The second kappa shape index (κ2) is 8.03. The van der Waals surface area contributed by atoms with Gasteiger partial charge in [-0.1, -0.05) is 17.7 Å². The highest BCUT2D eigenvalue weighted by atomic mass is 35.5. The Labute approximate surface area is 157 Å². The van der Waals surface area contributed by atoms with Crippen LogP contribution in [0.15, 0.2) is 53.7 Å². The number of pyridine rings is 1. The number of hydrogen-bond acceptors (Lipinski definition) is 5. The van der Waals surface area contributed by atoms with Gasteiger partial charge in [0.15, 0.2) is 6.61 Å². The molecule has 1 aromatic heterocycles. The topological polar surface area (TPSA) is 79.8 Å². The number of rotatable bonds is 5. The summed E-state index contributed by atoms with van der Waals surface area (Å²) in [5.74, 6) is 0.326. The van der Waals surface area contributed by atoms with Gasteiger partial charge in [0, 0.05) is 43.6 Å². The summed E-state index contributed by atoms with van der Waals surface area (Å²) in [5, 5.41) is 0.532. The van der Waals surface area contributed by atoms with Crippen molar-refractivity contribution in [2.24, 2.45) is 0 Å². The van der Waals surface area contributed by atoms with Gasteiger partial charge >= 0.3 is 0 Å². The number of sulfonamides is 1. The summed E-state index contributed by atoms with van der Waals surface area (Å²) in [7, 11) is -3.58. The van der Waals surface area contributed by atoms with Crippen LogP contribution in [-0.2, 0) is 14.8 Å². The molecule has 2 aromatic rings. The molecule has 0 aliphatic carbocycles. The first-order valence-electron chi connectivity index (χ1n) is 8.03. The van der Waals surface area contributed by atoms with Gasteiger partial charge in [0.05, 0.1) is 0 Å². The summed E-state index contributed by atoms with van der Waals surface area (Å²) in [5.41, 5.74) is 0. The van der Waals surface area contributed by atoms with Gasteiger partial charge in [0.2, 0.25) is 10.0 Å². The number of hydrogen-bond donors (Lipinski definition) is 0. The van der Waals surface area contributed by atoms with Crippen LogP contribution in [-0.4, -0.2) is 61.3 Å². The third kappa shape index (κ3) is 4.32. The molecule has 9 heteroatoms. The quantitative estimate of drug-likeness (QED) is 0.769. The molecule has 1 aliphatic rings. The van der Waals surface area contributed by atoms with Crippen molar-refractivity contribution in [3.8, 4) is 5.75 Å². The van der Waals surface area contributed by atoms with Crippen molar-refractivity contribution in [3.63, 3.8) is 0 Å². The predicted molar refractivity (Wildman–Crippen MR) is 96.5 cm³/mol. The number of benzene rings is 1. The smallest absolute Gasteiger partial charge is 0.260 e. The van der Waals surface area contributed by atoms with E-state index in [0.29, 0.717) is 23.9 Å². The lowest BCUT2D eigenvalue weighted by atomic mass is 10.3. The zero-order valence-corrected chi connectivity index (χ0v) is 15.5. The number of piperazine rings is 1. The van der Waals surface area contributed by atoms with Crippen molar-refractivity contribution in [3.05, 3.63) is 53.8 Å². The number of amides is 1. The summed E-state index contributed by atoms with van der Waals surface area (Å²) in [4.78, 5) is 17.9. The lowest BCUT2D eigenvalue weighted by molar-refractivity contribution is -0.134. The molecule has 2 heterocycles. The maximum atomic E-state index is 12.6. The van der Waals surface area contributed by atoms with Crippen LogP contribution in [0.2, 0.25) is 5.02 Å². The molecule has 1 aliphatic heterocycles. The Balaban J connectivity index is 1.54. The van der Waals surface area contributed by atoms with Gasteiger partial charge in [-0.2, -0.15) is 4.31 Å². The van der Waals surface area contributed by atoms with Gasteiger partial charge in [-0.25, -0.2) is 8.42 Å². The van der Waals surface area contributed by atoms with Gasteiger partial charge in [-0.3, -0.25) is 9.78 Å². The van der Waals surface area contributed by atoms with Crippen molar-refractivity contribution in [2.75, 3.05) is 32.8 Å². The number of halogens is 1. The molecule has 0 N–H and O–H groups in total. The Bertz CT molecular complexity index is 869. The highest BCUT2D eigenvalue weighted by molar-refractivity contribution is 7.89. The Morgan fingerprint density at radius 1 is 1.15 bits per heavy atom. The summed E-state index contributed by atoms with van der Waals surface area (Å²) in [6.45, 7) is 0.991. The molecule has 0 spiro atoms. The Kier molecular flexibility index (Phi) is 5.75. The van der Waals surface area contributed by atoms with Gasteiger partial charge in [0.25, 0.3) is 5.91 Å². The molecule has 1 saturated heterocycles. The van der Waals surface area contributed by atoms with Crippen LogP contribution in [0.1, 0.15) is 0 Å². The van der Waals surface area contributed by atoms with E-state index < -0.39 is 10.0 Å². The van der Waals surface area contributed by atoms with Crippen molar-refractivity contribution >= 4 is 27.5 Å². The minimum Gasteiger partial charge on any atom is -0.484 e. The fourth-order valence-electron chi connectivity index (χ4n) is 2.62. The molecule has 0 atom stereocenters. The largest absolute Gasteiger partial charge is 0.484 e. The zero-order chi connectivity index (χ0) is 18.6. The maximum Gasteiger partial charge on any atom is 0.260 e. The molecule has 1 fully saturated rings. The molecule has 7 nitrogen and oxygen atoms in total. The molecule has 3 rings (SSSR count). The average molecular weight is 396 g/mol. The SMILES string of the molecule is O=C(COc1cccc(Cl)c1)N1CCN(S(=O)(=O)c2cccnc2)CC1. The summed E-state index contributed by atoms with van der Waals surface area (Å²) < 4.78 is 31.9. The number of nitrogens with zero attached hydrogens (tertiary/aromatic N) is 3. The molecule has 0 unspecified atom stereocenters. The van der Waals surface area contributed by atoms with Gasteiger partial charge in [-0.15, -0.1) is 0 Å². The third-order valence-corrected chi connectivity index (χ3v) is 6.14. The van der Waals surface area contributed by atoms with Crippen LogP contribution in [0, 0.1) is 0 Å². The monoisotopic (exact) mass is 395 g/mol. The molecule has 26 heavy (non-hydrogen) atoms. The van der Waals surface area contributed by atoms with E-state index in [0.717, 1.165) is 0 Å². The van der Waals surface area contributed by atoms with E-state index in [1.165, 1.54) is 22.8 Å². The van der Waals surface area contributed by atoms with E-state index in [1.807, 2.05) is 0 Å². The second-order valence-corrected chi connectivity index (χ2v) is 8.09. The van der Waals surface area contributed by atoms with E-state index in [4.69, 9.17) is 16.3 Å². The standard InChI is InChI=1S/C17H18ClN3O4S/c18-14-3-1-4-15(11-14)25-13-17(22)20-7-9-21(10-8-20)26(23,24)16-5-2-6-19-12-16/h1-6,11-12H,7-10,13H2. The Morgan fingerprint density at radius 3 is 2.58 bits per heavy atom. The normalized spacial score (nSPS) is 15.7. The van der Waals surface area contributed by atoms with E-state index in [2.05, 4.69) is 4.98 Å². The van der Waals surface area contributed by atoms with Crippen LogP contribution in [0.25, 0.3) is 0 Å². The van der Waals surface area contributed by atoms with Crippen LogP contribution in [0.3, 0.4) is 0 Å². The van der Waals surface area contributed by atoms with E-state index >= 15 is 0 Å². The Hall–Kier alpha value is -2.16. The number of aromatic nitrogens is 1. The lowest BCUT2D eigenvalue weighted by Crippen LogP contribution is -2.51. The number of ether oxygens (including phenoxy) is 1. The molecule has 138 valence electrons. The maximum absolute atomic E-state index is 12.6. The van der Waals surface area contributed by atoms with Crippen LogP contribution in [0.4, 0.5) is 0 Å². The molecule has 1 amide bonds. The minimum absolute atomic E-state index is 0.115. The number of carbonyl (C=O) groups is 1. The molecular weight excluding hydrogens is 378 g/mol. The highest BCUT2D eigenvalue weighted by Crippen LogP contribution is 2.18. The van der Waals surface area contributed by atoms with E-state index in [-0.39, 0.29) is 30.5 Å². The van der Waals surface area contributed by atoms with E-state index in [1.54, 1.807) is 35.2 Å². The summed E-state index contributed by atoms with van der Waals surface area (Å²) >= 11 is 5.88. The molecule has 1 aromatic carbocycles. The van der Waals surface area contributed by atoms with Gasteiger partial charge in [-0.05, 0) is 30.3 Å². The highest BCUT2D eigenvalue weighted by Gasteiger charge is 2.30. The fraction of sp³-hybridized carbons (Fsp3) is 0.294. The zero-order valence-electron chi connectivity index (χ0n) is 13.9. The van der Waals surface area contributed by atoms with Crippen LogP contribution < -0.4 is 4.74 Å². The third-order valence-electron chi connectivity index (χ3n) is 4.02. The summed E-state index contributed by atoms with van der Waals surface area (Å²) in [6.07, 6.45) is 2.85. The molecule has 0 saturated carbocycles. The summed E-state index contributed by atoms with van der Waals surface area (Å²) in [6, 6.07) is 9.91. The first-order valence-corrected chi connectivity index (χ1v) is 9.85. The van der Waals surface area contributed by atoms with E-state index in [9.17, 15) is 13.2 Å². The first kappa shape index (κ1) is 18.6. The van der Waals surface area contributed by atoms with Crippen molar-refractivity contribution in [1.29, 1.82) is 0 Å². The van der Waals surface area contributed by atoms with Crippen LogP contribution in [0.5, 0.6) is 5.75 Å². The van der Waals surface area contributed by atoms with Gasteiger partial charge < -0.3 is 9.64 Å². The molecule has 0 radical (unpaired) electrons. The minimum atomic E-state index is -3.58. The average Bonchev–Trinajstić information content (AvgIpc) is 2.67. The lowest BCUT2D eigenvalue weighted by Gasteiger charge is -2.33.